The zero-order valence-electron chi connectivity index (χ0n) is 10.4. The average Bonchev–Trinajstić information content (AvgIpc) is 2.60. The van der Waals surface area contributed by atoms with Crippen LogP contribution in [0.5, 0.6) is 0 Å². The third-order valence-corrected chi connectivity index (χ3v) is 4.42. The van der Waals surface area contributed by atoms with E-state index in [1.807, 2.05) is 0 Å². The Kier molecular flexibility index (Phi) is 2.45. The molecule has 5 nitrogen and oxygen atoms in total. The van der Waals surface area contributed by atoms with Crippen molar-refractivity contribution < 1.29 is 4.42 Å². The van der Waals surface area contributed by atoms with E-state index in [2.05, 4.69) is 43.2 Å². The molecule has 5 heteroatoms. The topological polar surface area (TPSA) is 77.0 Å². The van der Waals surface area contributed by atoms with Crippen molar-refractivity contribution in [3.63, 3.8) is 0 Å². The summed E-state index contributed by atoms with van der Waals surface area (Å²) in [6.45, 7) is 10.3. The highest BCUT2D eigenvalue weighted by Gasteiger charge is 2.64. The van der Waals surface area contributed by atoms with Gasteiger partial charge >= 0.3 is 6.01 Å². The van der Waals surface area contributed by atoms with Gasteiger partial charge < -0.3 is 15.5 Å². The van der Waals surface area contributed by atoms with Crippen LogP contribution in [0.2, 0.25) is 0 Å². The maximum atomic E-state index is 5.39. The van der Waals surface area contributed by atoms with Gasteiger partial charge in [-0.15, -0.1) is 5.10 Å². The van der Waals surface area contributed by atoms with Crippen LogP contribution in [0.4, 0.5) is 6.01 Å². The van der Waals surface area contributed by atoms with E-state index >= 15 is 0 Å². The molecule has 2 rings (SSSR count). The first kappa shape index (κ1) is 11.4. The minimum absolute atomic E-state index is 0.287. The fraction of sp³-hybridized carbons (Fsp3) is 0.818. The van der Waals surface area contributed by atoms with Crippen LogP contribution in [0, 0.1) is 16.7 Å². The molecule has 1 heterocycles. The van der Waals surface area contributed by atoms with Gasteiger partial charge in [0.15, 0.2) is 0 Å². The van der Waals surface area contributed by atoms with Crippen LogP contribution in [0.3, 0.4) is 0 Å². The van der Waals surface area contributed by atoms with Crippen molar-refractivity contribution >= 4 is 6.01 Å². The summed E-state index contributed by atoms with van der Waals surface area (Å²) >= 11 is 0. The van der Waals surface area contributed by atoms with Crippen molar-refractivity contribution in [3.8, 4) is 0 Å². The molecule has 0 radical (unpaired) electrons. The fourth-order valence-corrected chi connectivity index (χ4v) is 2.44. The van der Waals surface area contributed by atoms with Crippen molar-refractivity contribution in [2.75, 3.05) is 11.9 Å². The highest BCUT2D eigenvalue weighted by atomic mass is 16.4. The number of nitrogens with zero attached hydrogens (tertiary/aromatic N) is 2. The van der Waals surface area contributed by atoms with Gasteiger partial charge in [-0.3, -0.25) is 0 Å². The molecule has 16 heavy (non-hydrogen) atoms. The lowest BCUT2D eigenvalue weighted by molar-refractivity contribution is 0.457. The van der Waals surface area contributed by atoms with Crippen LogP contribution < -0.4 is 11.1 Å². The average molecular weight is 224 g/mol. The lowest BCUT2D eigenvalue weighted by atomic mass is 10.0. The Morgan fingerprint density at radius 1 is 1.25 bits per heavy atom. The zero-order chi connectivity index (χ0) is 12.0. The molecule has 90 valence electrons. The van der Waals surface area contributed by atoms with Gasteiger partial charge in [-0.25, -0.2) is 0 Å². The van der Waals surface area contributed by atoms with E-state index in [0.29, 0.717) is 28.7 Å². The minimum atomic E-state index is 0.287. The molecule has 0 spiro atoms. The number of anilines is 1. The van der Waals surface area contributed by atoms with Crippen molar-refractivity contribution in [1.82, 2.24) is 10.2 Å². The maximum absolute atomic E-state index is 5.39. The van der Waals surface area contributed by atoms with Gasteiger partial charge in [-0.1, -0.05) is 32.8 Å². The number of nitrogens with one attached hydrogen (secondary N) is 1. The molecule has 1 aromatic heterocycles. The standard InChI is InChI=1S/C11H20N4O/c1-10(2)7(11(10,3)4)6-13-9-15-14-8(5-12)16-9/h7H,5-6,12H2,1-4H3,(H,13,15). The van der Waals surface area contributed by atoms with E-state index in [-0.39, 0.29) is 6.54 Å². The zero-order valence-corrected chi connectivity index (χ0v) is 10.4. The monoisotopic (exact) mass is 224 g/mol. The predicted molar refractivity (Wildman–Crippen MR) is 61.7 cm³/mol. The Bertz CT molecular complexity index is 369. The molecule has 0 bridgehead atoms. The molecule has 1 aliphatic rings. The van der Waals surface area contributed by atoms with Crippen LogP contribution in [-0.2, 0) is 6.54 Å². The van der Waals surface area contributed by atoms with Crippen molar-refractivity contribution in [2.45, 2.75) is 34.2 Å². The van der Waals surface area contributed by atoms with Gasteiger partial charge in [-0.2, -0.15) is 0 Å². The Balaban J connectivity index is 1.90. The van der Waals surface area contributed by atoms with Gasteiger partial charge in [0.05, 0.1) is 6.54 Å². The van der Waals surface area contributed by atoms with Crippen LogP contribution in [0.15, 0.2) is 4.42 Å². The predicted octanol–water partition coefficient (Wildman–Crippen LogP) is 1.62. The molecule has 3 N–H and O–H groups in total. The lowest BCUT2D eigenvalue weighted by Crippen LogP contribution is -2.08. The summed E-state index contributed by atoms with van der Waals surface area (Å²) in [6.07, 6.45) is 0. The SMILES string of the molecule is CC1(C)C(CNc2nnc(CN)o2)C1(C)C. The van der Waals surface area contributed by atoms with Crippen LogP contribution in [0.25, 0.3) is 0 Å². The van der Waals surface area contributed by atoms with Crippen molar-refractivity contribution in [3.05, 3.63) is 5.89 Å². The molecule has 0 aromatic carbocycles. The molecule has 0 atom stereocenters. The van der Waals surface area contributed by atoms with Gasteiger partial charge in [0.2, 0.25) is 5.89 Å². The van der Waals surface area contributed by atoms with E-state index in [0.717, 1.165) is 6.54 Å². The maximum Gasteiger partial charge on any atom is 0.315 e. The summed E-state index contributed by atoms with van der Waals surface area (Å²) in [5.41, 5.74) is 6.14. The van der Waals surface area contributed by atoms with Gasteiger partial charge in [-0.05, 0) is 16.7 Å². The van der Waals surface area contributed by atoms with Gasteiger partial charge in [0, 0.05) is 6.54 Å². The second-order valence-electron chi connectivity index (χ2n) is 5.58. The second kappa shape index (κ2) is 3.45. The quantitative estimate of drug-likeness (QED) is 0.812. The first-order chi connectivity index (χ1) is 7.39. The lowest BCUT2D eigenvalue weighted by Gasteiger charge is -2.04. The number of nitrogens with two attached hydrogens (primary N) is 1. The van der Waals surface area contributed by atoms with Crippen molar-refractivity contribution in [2.24, 2.45) is 22.5 Å². The number of hydrogen-bond acceptors (Lipinski definition) is 5. The number of aromatic nitrogens is 2. The van der Waals surface area contributed by atoms with E-state index in [1.165, 1.54) is 0 Å². The molecule has 1 aliphatic carbocycles. The summed E-state index contributed by atoms with van der Waals surface area (Å²) in [4.78, 5) is 0. The van der Waals surface area contributed by atoms with E-state index in [4.69, 9.17) is 10.2 Å². The third-order valence-electron chi connectivity index (χ3n) is 4.42. The van der Waals surface area contributed by atoms with Crippen LogP contribution in [0.1, 0.15) is 33.6 Å². The summed E-state index contributed by atoms with van der Waals surface area (Å²) in [5, 5.41) is 10.9. The normalized spacial score (nSPS) is 22.1. The summed E-state index contributed by atoms with van der Waals surface area (Å²) in [6, 6.07) is 0.471. The molecular weight excluding hydrogens is 204 g/mol. The molecule has 0 unspecified atom stereocenters. The smallest absolute Gasteiger partial charge is 0.315 e. The van der Waals surface area contributed by atoms with Crippen LogP contribution in [-0.4, -0.2) is 16.7 Å². The van der Waals surface area contributed by atoms with E-state index in [9.17, 15) is 0 Å². The molecule has 0 aliphatic heterocycles. The Morgan fingerprint density at radius 2 is 1.88 bits per heavy atom. The molecular formula is C11H20N4O. The largest absolute Gasteiger partial charge is 0.407 e. The Hall–Kier alpha value is -1.10. The molecule has 0 saturated heterocycles. The molecule has 1 saturated carbocycles. The number of rotatable bonds is 4. The highest BCUT2D eigenvalue weighted by molar-refractivity contribution is 5.22. The number of hydrogen-bond donors (Lipinski definition) is 2. The summed E-state index contributed by atoms with van der Waals surface area (Å²) in [7, 11) is 0. The highest BCUT2D eigenvalue weighted by Crippen LogP contribution is 2.68. The minimum Gasteiger partial charge on any atom is -0.407 e. The first-order valence-corrected chi connectivity index (χ1v) is 5.66. The summed E-state index contributed by atoms with van der Waals surface area (Å²) < 4.78 is 5.29. The fourth-order valence-electron chi connectivity index (χ4n) is 2.44. The Labute approximate surface area is 95.8 Å². The second-order valence-corrected chi connectivity index (χ2v) is 5.58. The molecule has 1 aromatic rings. The van der Waals surface area contributed by atoms with Gasteiger partial charge in [0.1, 0.15) is 0 Å². The molecule has 0 amide bonds. The van der Waals surface area contributed by atoms with Crippen molar-refractivity contribution in [1.29, 1.82) is 0 Å². The third kappa shape index (κ3) is 1.59. The van der Waals surface area contributed by atoms with Crippen LogP contribution >= 0.6 is 0 Å². The van der Waals surface area contributed by atoms with E-state index in [1.54, 1.807) is 0 Å². The first-order valence-electron chi connectivity index (χ1n) is 5.66. The molecule has 1 fully saturated rings. The van der Waals surface area contributed by atoms with E-state index < -0.39 is 0 Å². The van der Waals surface area contributed by atoms with Gasteiger partial charge in [0.25, 0.3) is 0 Å². The Morgan fingerprint density at radius 3 is 2.31 bits per heavy atom. The summed E-state index contributed by atoms with van der Waals surface area (Å²) in [5.74, 6) is 1.10.